The monoisotopic (exact) mass is 271 g/mol. The Morgan fingerprint density at radius 1 is 1.42 bits per heavy atom. The number of rotatable bonds is 6. The molecule has 19 heavy (non-hydrogen) atoms. The van der Waals surface area contributed by atoms with E-state index in [2.05, 4.69) is 10.2 Å². The number of likely N-dealkylation sites (tertiary alicyclic amines) is 1. The Labute approximate surface area is 116 Å². The summed E-state index contributed by atoms with van der Waals surface area (Å²) in [5.41, 5.74) is 5.07. The zero-order valence-corrected chi connectivity index (χ0v) is 12.6. The van der Waals surface area contributed by atoms with Crippen molar-refractivity contribution >= 4 is 6.09 Å². The first-order chi connectivity index (χ1) is 8.90. The van der Waals surface area contributed by atoms with Crippen molar-refractivity contribution in [2.24, 2.45) is 11.7 Å². The summed E-state index contributed by atoms with van der Waals surface area (Å²) in [6, 6.07) is 0. The van der Waals surface area contributed by atoms with Crippen molar-refractivity contribution in [3.05, 3.63) is 0 Å². The van der Waals surface area contributed by atoms with Crippen molar-refractivity contribution < 1.29 is 9.53 Å². The molecule has 0 spiro atoms. The third-order valence-electron chi connectivity index (χ3n) is 3.23. The van der Waals surface area contributed by atoms with Crippen LogP contribution in [0.15, 0.2) is 0 Å². The van der Waals surface area contributed by atoms with Gasteiger partial charge in [-0.3, -0.25) is 0 Å². The van der Waals surface area contributed by atoms with Gasteiger partial charge in [-0.2, -0.15) is 0 Å². The molecule has 0 aromatic rings. The van der Waals surface area contributed by atoms with E-state index in [4.69, 9.17) is 10.5 Å². The van der Waals surface area contributed by atoms with Crippen molar-refractivity contribution in [2.45, 2.75) is 45.6 Å². The number of unbranched alkanes of at least 4 members (excludes halogenated alkanes) is 1. The fourth-order valence-corrected chi connectivity index (χ4v) is 2.30. The van der Waals surface area contributed by atoms with E-state index >= 15 is 0 Å². The first-order valence-electron chi connectivity index (χ1n) is 7.30. The van der Waals surface area contributed by atoms with Crippen LogP contribution in [-0.2, 0) is 4.74 Å². The average molecular weight is 271 g/mol. The molecule has 1 rings (SSSR count). The average Bonchev–Trinajstić information content (AvgIpc) is 2.72. The molecule has 0 aliphatic carbocycles. The highest BCUT2D eigenvalue weighted by molar-refractivity contribution is 5.67. The van der Waals surface area contributed by atoms with Gasteiger partial charge in [-0.1, -0.05) is 0 Å². The second-order valence-corrected chi connectivity index (χ2v) is 6.33. The lowest BCUT2D eigenvalue weighted by Gasteiger charge is -2.21. The van der Waals surface area contributed by atoms with Crippen LogP contribution in [0.5, 0.6) is 0 Å². The molecule has 3 N–H and O–H groups in total. The van der Waals surface area contributed by atoms with Crippen molar-refractivity contribution in [2.75, 3.05) is 32.7 Å². The summed E-state index contributed by atoms with van der Waals surface area (Å²) in [7, 11) is 0. The van der Waals surface area contributed by atoms with Gasteiger partial charge in [0.2, 0.25) is 0 Å². The Kier molecular flexibility index (Phi) is 6.58. The van der Waals surface area contributed by atoms with E-state index in [1.807, 2.05) is 20.8 Å². The number of hydrogen-bond acceptors (Lipinski definition) is 4. The topological polar surface area (TPSA) is 67.6 Å². The quantitative estimate of drug-likeness (QED) is 0.720. The van der Waals surface area contributed by atoms with E-state index < -0.39 is 5.60 Å². The molecule has 1 atom stereocenters. The molecule has 1 fully saturated rings. The van der Waals surface area contributed by atoms with Crippen LogP contribution >= 0.6 is 0 Å². The van der Waals surface area contributed by atoms with Crippen LogP contribution in [0.25, 0.3) is 0 Å². The van der Waals surface area contributed by atoms with E-state index in [0.717, 1.165) is 39.0 Å². The van der Waals surface area contributed by atoms with Gasteiger partial charge in [-0.15, -0.1) is 0 Å². The Hall–Kier alpha value is -0.810. The Balaban J connectivity index is 2.13. The molecule has 0 bridgehead atoms. The third-order valence-corrected chi connectivity index (χ3v) is 3.23. The maximum Gasteiger partial charge on any atom is 0.407 e. The highest BCUT2D eigenvalue weighted by Gasteiger charge is 2.23. The molecular formula is C14H29N3O2. The van der Waals surface area contributed by atoms with E-state index in [1.165, 1.54) is 6.42 Å². The van der Waals surface area contributed by atoms with Crippen molar-refractivity contribution in [3.63, 3.8) is 0 Å². The second kappa shape index (κ2) is 7.70. The minimum atomic E-state index is -0.423. The van der Waals surface area contributed by atoms with Gasteiger partial charge in [0.1, 0.15) is 5.60 Å². The van der Waals surface area contributed by atoms with E-state index in [0.29, 0.717) is 12.5 Å². The minimum Gasteiger partial charge on any atom is -0.444 e. The van der Waals surface area contributed by atoms with Crippen LogP contribution in [-0.4, -0.2) is 49.3 Å². The van der Waals surface area contributed by atoms with Gasteiger partial charge < -0.3 is 20.7 Å². The first-order valence-corrected chi connectivity index (χ1v) is 7.30. The predicted molar refractivity (Wildman–Crippen MR) is 77.1 cm³/mol. The number of nitrogens with one attached hydrogen (secondary N) is 1. The molecule has 5 nitrogen and oxygen atoms in total. The van der Waals surface area contributed by atoms with Gasteiger partial charge in [0.25, 0.3) is 0 Å². The lowest BCUT2D eigenvalue weighted by atomic mass is 10.1. The van der Waals surface area contributed by atoms with Crippen LogP contribution < -0.4 is 11.1 Å². The summed E-state index contributed by atoms with van der Waals surface area (Å²) in [5.74, 6) is 0.547. The summed E-state index contributed by atoms with van der Waals surface area (Å²) >= 11 is 0. The van der Waals surface area contributed by atoms with Crippen LogP contribution in [0, 0.1) is 5.92 Å². The summed E-state index contributed by atoms with van der Waals surface area (Å²) in [4.78, 5) is 14.0. The summed E-state index contributed by atoms with van der Waals surface area (Å²) < 4.78 is 5.23. The molecule has 5 heteroatoms. The highest BCUT2D eigenvalue weighted by atomic mass is 16.6. The lowest BCUT2D eigenvalue weighted by Crippen LogP contribution is -2.36. The molecule has 1 heterocycles. The van der Waals surface area contributed by atoms with Gasteiger partial charge in [0, 0.05) is 13.1 Å². The lowest BCUT2D eigenvalue weighted by molar-refractivity contribution is 0.0519. The summed E-state index contributed by atoms with van der Waals surface area (Å²) in [6.45, 7) is 10.4. The maximum absolute atomic E-state index is 11.5. The fraction of sp³-hybridized carbons (Fsp3) is 0.929. The number of nitrogens with two attached hydrogens (primary N) is 1. The standard InChI is InChI=1S/C14H29N3O2/c1-14(2,3)19-13(18)16-10-12-6-9-17(11-12)8-5-4-7-15/h12H,4-11,15H2,1-3H3,(H,16,18)/t12-/m0/s1. The van der Waals surface area contributed by atoms with Gasteiger partial charge in [0.05, 0.1) is 0 Å². The normalized spacial score (nSPS) is 20.5. The molecule has 0 radical (unpaired) electrons. The van der Waals surface area contributed by atoms with Crippen LogP contribution in [0.3, 0.4) is 0 Å². The van der Waals surface area contributed by atoms with Gasteiger partial charge in [0.15, 0.2) is 0 Å². The fourth-order valence-electron chi connectivity index (χ4n) is 2.30. The molecular weight excluding hydrogens is 242 g/mol. The molecule has 1 saturated heterocycles. The molecule has 112 valence electrons. The number of carbonyl (C=O) groups is 1. The van der Waals surface area contributed by atoms with Crippen LogP contribution in [0.4, 0.5) is 4.79 Å². The maximum atomic E-state index is 11.5. The van der Waals surface area contributed by atoms with Gasteiger partial charge in [-0.25, -0.2) is 4.79 Å². The van der Waals surface area contributed by atoms with Crippen LogP contribution in [0.1, 0.15) is 40.0 Å². The first kappa shape index (κ1) is 16.2. The number of alkyl carbamates (subject to hydrolysis) is 1. The number of ether oxygens (including phenoxy) is 1. The molecule has 1 aliphatic heterocycles. The number of hydrogen-bond donors (Lipinski definition) is 2. The van der Waals surface area contributed by atoms with E-state index in [9.17, 15) is 4.79 Å². The predicted octanol–water partition coefficient (Wildman–Crippen LogP) is 1.57. The number of nitrogens with zero attached hydrogens (tertiary/aromatic N) is 1. The smallest absolute Gasteiger partial charge is 0.407 e. The van der Waals surface area contributed by atoms with Gasteiger partial charge in [-0.05, 0) is 65.6 Å². The zero-order valence-electron chi connectivity index (χ0n) is 12.6. The van der Waals surface area contributed by atoms with Crippen LogP contribution in [0.2, 0.25) is 0 Å². The van der Waals surface area contributed by atoms with Crippen molar-refractivity contribution in [3.8, 4) is 0 Å². The Morgan fingerprint density at radius 3 is 2.79 bits per heavy atom. The van der Waals surface area contributed by atoms with E-state index in [1.54, 1.807) is 0 Å². The van der Waals surface area contributed by atoms with Crippen molar-refractivity contribution in [1.29, 1.82) is 0 Å². The number of carbonyl (C=O) groups excluding carboxylic acids is 1. The third kappa shape index (κ3) is 7.38. The molecule has 0 aromatic carbocycles. The SMILES string of the molecule is CC(C)(C)OC(=O)NC[C@@H]1CCN(CCCCN)C1. The van der Waals surface area contributed by atoms with Crippen molar-refractivity contribution in [1.82, 2.24) is 10.2 Å². The Bertz CT molecular complexity index is 276. The van der Waals surface area contributed by atoms with Gasteiger partial charge >= 0.3 is 6.09 Å². The molecule has 0 unspecified atom stereocenters. The summed E-state index contributed by atoms with van der Waals surface area (Å²) in [6.07, 6.45) is 3.10. The zero-order chi connectivity index (χ0) is 14.3. The Morgan fingerprint density at radius 2 is 2.16 bits per heavy atom. The minimum absolute atomic E-state index is 0.311. The largest absolute Gasteiger partial charge is 0.444 e. The molecule has 1 amide bonds. The second-order valence-electron chi connectivity index (χ2n) is 6.33. The number of amides is 1. The molecule has 0 saturated carbocycles. The summed E-state index contributed by atoms with van der Waals surface area (Å²) in [5, 5.41) is 2.86. The van der Waals surface area contributed by atoms with E-state index in [-0.39, 0.29) is 6.09 Å². The highest BCUT2D eigenvalue weighted by Crippen LogP contribution is 2.16. The molecule has 0 aromatic heterocycles. The molecule has 1 aliphatic rings.